The number of unbranched alkanes of at least 4 members (excludes halogenated alkanes) is 1. The number of rotatable bonds is 6. The van der Waals surface area contributed by atoms with E-state index in [9.17, 15) is 9.59 Å². The van der Waals surface area contributed by atoms with E-state index < -0.39 is 0 Å². The van der Waals surface area contributed by atoms with Gasteiger partial charge in [0.1, 0.15) is 5.70 Å². The highest BCUT2D eigenvalue weighted by atomic mass is 35.5. The quantitative estimate of drug-likeness (QED) is 0.743. The number of carbonyl (C=O) groups excluding carboxylic acids is 2. The van der Waals surface area contributed by atoms with Gasteiger partial charge in [0, 0.05) is 23.3 Å². The van der Waals surface area contributed by atoms with Gasteiger partial charge in [-0.2, -0.15) is 0 Å². The number of nitrogens with one attached hydrogen (secondary N) is 1. The lowest BCUT2D eigenvalue weighted by Crippen LogP contribution is -2.33. The molecule has 7 heteroatoms. The fourth-order valence-corrected chi connectivity index (χ4v) is 3.34. The second kappa shape index (κ2) is 7.56. The van der Waals surface area contributed by atoms with Crippen molar-refractivity contribution in [2.75, 3.05) is 18.7 Å². The fraction of sp³-hybridized carbons (Fsp3) is 0.238. The van der Waals surface area contributed by atoms with E-state index in [1.807, 2.05) is 6.92 Å². The van der Waals surface area contributed by atoms with E-state index in [0.717, 1.165) is 12.8 Å². The highest BCUT2D eigenvalue weighted by molar-refractivity contribution is 6.36. The SMILES string of the molecule is CCCCN1C(=O)C(Nc2ccc3c(c2)OCO3)=C(c2ccc(Cl)cc2)C1=O. The standard InChI is InChI=1S/C21H19ClN2O4/c1-2-3-10-24-20(25)18(13-4-6-14(22)7-5-13)19(21(24)26)23-15-8-9-16-17(11-15)28-12-27-16/h4-9,11,23H,2-3,10,12H2,1H3. The zero-order chi connectivity index (χ0) is 19.7. The first-order valence-corrected chi connectivity index (χ1v) is 9.49. The Labute approximate surface area is 167 Å². The van der Waals surface area contributed by atoms with E-state index in [-0.39, 0.29) is 24.3 Å². The average Bonchev–Trinajstić information content (AvgIpc) is 3.24. The third-order valence-electron chi connectivity index (χ3n) is 4.68. The second-order valence-electron chi connectivity index (χ2n) is 6.57. The summed E-state index contributed by atoms with van der Waals surface area (Å²) in [4.78, 5) is 27.3. The molecule has 0 aliphatic carbocycles. The van der Waals surface area contributed by atoms with Crippen LogP contribution in [0.3, 0.4) is 0 Å². The monoisotopic (exact) mass is 398 g/mol. The second-order valence-corrected chi connectivity index (χ2v) is 7.00. The summed E-state index contributed by atoms with van der Waals surface area (Å²) in [6, 6.07) is 12.2. The minimum Gasteiger partial charge on any atom is -0.454 e. The molecule has 2 heterocycles. The van der Waals surface area contributed by atoms with Gasteiger partial charge in [-0.15, -0.1) is 0 Å². The normalized spacial score (nSPS) is 15.6. The van der Waals surface area contributed by atoms with Gasteiger partial charge in [-0.05, 0) is 36.2 Å². The number of hydrogen-bond donors (Lipinski definition) is 1. The van der Waals surface area contributed by atoms with Gasteiger partial charge in [0.2, 0.25) is 6.79 Å². The Balaban J connectivity index is 1.72. The molecule has 2 aliphatic heterocycles. The van der Waals surface area contributed by atoms with Gasteiger partial charge in [0.25, 0.3) is 11.8 Å². The lowest BCUT2D eigenvalue weighted by atomic mass is 10.0. The van der Waals surface area contributed by atoms with E-state index in [2.05, 4.69) is 5.32 Å². The van der Waals surface area contributed by atoms with Gasteiger partial charge in [0.15, 0.2) is 11.5 Å². The first-order chi connectivity index (χ1) is 13.6. The Bertz CT molecular complexity index is 969. The van der Waals surface area contributed by atoms with E-state index >= 15 is 0 Å². The van der Waals surface area contributed by atoms with Gasteiger partial charge in [-0.3, -0.25) is 14.5 Å². The van der Waals surface area contributed by atoms with Crippen LogP contribution in [0.5, 0.6) is 11.5 Å². The molecule has 28 heavy (non-hydrogen) atoms. The maximum atomic E-state index is 13.0. The number of hydrogen-bond acceptors (Lipinski definition) is 5. The fourth-order valence-electron chi connectivity index (χ4n) is 3.21. The number of benzene rings is 2. The van der Waals surface area contributed by atoms with E-state index in [1.54, 1.807) is 42.5 Å². The van der Waals surface area contributed by atoms with Crippen LogP contribution in [0.2, 0.25) is 5.02 Å². The highest BCUT2D eigenvalue weighted by Gasteiger charge is 2.38. The lowest BCUT2D eigenvalue weighted by molar-refractivity contribution is -0.136. The van der Waals surface area contributed by atoms with Crippen molar-refractivity contribution in [3.05, 3.63) is 58.7 Å². The number of ether oxygens (including phenoxy) is 2. The van der Waals surface area contributed by atoms with Crippen molar-refractivity contribution >= 4 is 34.7 Å². The van der Waals surface area contributed by atoms with Crippen LogP contribution in [0.1, 0.15) is 25.3 Å². The van der Waals surface area contributed by atoms with Crippen LogP contribution >= 0.6 is 11.6 Å². The largest absolute Gasteiger partial charge is 0.454 e. The molecule has 0 saturated heterocycles. The molecule has 0 saturated carbocycles. The molecule has 0 aromatic heterocycles. The average molecular weight is 399 g/mol. The molecule has 2 aliphatic rings. The van der Waals surface area contributed by atoms with Crippen LogP contribution < -0.4 is 14.8 Å². The minimum absolute atomic E-state index is 0.166. The van der Waals surface area contributed by atoms with E-state index in [0.29, 0.717) is 39.9 Å². The van der Waals surface area contributed by atoms with Crippen molar-refractivity contribution in [2.24, 2.45) is 0 Å². The summed E-state index contributed by atoms with van der Waals surface area (Å²) >= 11 is 5.98. The summed E-state index contributed by atoms with van der Waals surface area (Å²) in [5, 5.41) is 3.68. The molecular weight excluding hydrogens is 380 g/mol. The first kappa shape index (κ1) is 18.4. The van der Waals surface area contributed by atoms with Crippen molar-refractivity contribution in [3.8, 4) is 11.5 Å². The molecule has 0 spiro atoms. The molecule has 0 unspecified atom stereocenters. The molecule has 0 fully saturated rings. The number of fused-ring (bicyclic) bond motifs is 1. The third-order valence-corrected chi connectivity index (χ3v) is 4.93. The zero-order valence-corrected chi connectivity index (χ0v) is 16.1. The van der Waals surface area contributed by atoms with E-state index in [1.165, 1.54) is 4.90 Å². The van der Waals surface area contributed by atoms with Crippen molar-refractivity contribution < 1.29 is 19.1 Å². The minimum atomic E-state index is -0.332. The number of carbonyl (C=O) groups is 2. The molecule has 2 amide bonds. The van der Waals surface area contributed by atoms with Crippen LogP contribution in [0, 0.1) is 0 Å². The number of amides is 2. The summed E-state index contributed by atoms with van der Waals surface area (Å²) in [7, 11) is 0. The molecule has 4 rings (SSSR count). The summed E-state index contributed by atoms with van der Waals surface area (Å²) in [5.41, 5.74) is 1.88. The Morgan fingerprint density at radius 3 is 2.54 bits per heavy atom. The number of nitrogens with zero attached hydrogens (tertiary/aromatic N) is 1. The summed E-state index contributed by atoms with van der Waals surface area (Å²) in [6.07, 6.45) is 1.64. The summed E-state index contributed by atoms with van der Waals surface area (Å²) in [6.45, 7) is 2.57. The highest BCUT2D eigenvalue weighted by Crippen LogP contribution is 2.36. The van der Waals surface area contributed by atoms with Gasteiger partial charge in [-0.25, -0.2) is 0 Å². The molecule has 2 aromatic rings. The summed E-state index contributed by atoms with van der Waals surface area (Å²) in [5.74, 6) is 0.610. The summed E-state index contributed by atoms with van der Waals surface area (Å²) < 4.78 is 10.7. The molecule has 144 valence electrons. The maximum absolute atomic E-state index is 13.0. The van der Waals surface area contributed by atoms with Crippen molar-refractivity contribution in [3.63, 3.8) is 0 Å². The Hall–Kier alpha value is -2.99. The predicted octanol–water partition coefficient (Wildman–Crippen LogP) is 4.06. The number of anilines is 1. The molecular formula is C21H19ClN2O4. The van der Waals surface area contributed by atoms with Gasteiger partial charge in [-0.1, -0.05) is 37.1 Å². The molecule has 1 N–H and O–H groups in total. The Morgan fingerprint density at radius 2 is 1.79 bits per heavy atom. The van der Waals surface area contributed by atoms with Crippen LogP contribution in [-0.4, -0.2) is 30.1 Å². The smallest absolute Gasteiger partial charge is 0.278 e. The van der Waals surface area contributed by atoms with Crippen LogP contribution in [-0.2, 0) is 9.59 Å². The first-order valence-electron chi connectivity index (χ1n) is 9.11. The van der Waals surface area contributed by atoms with Crippen LogP contribution in [0.4, 0.5) is 5.69 Å². The van der Waals surface area contributed by atoms with Gasteiger partial charge in [0.05, 0.1) is 5.57 Å². The van der Waals surface area contributed by atoms with Crippen LogP contribution in [0.25, 0.3) is 5.57 Å². The lowest BCUT2D eigenvalue weighted by Gasteiger charge is -2.14. The van der Waals surface area contributed by atoms with Gasteiger partial charge >= 0.3 is 0 Å². The molecule has 0 radical (unpaired) electrons. The molecule has 6 nitrogen and oxygen atoms in total. The van der Waals surface area contributed by atoms with E-state index in [4.69, 9.17) is 21.1 Å². The van der Waals surface area contributed by atoms with Crippen molar-refractivity contribution in [1.82, 2.24) is 4.90 Å². The van der Waals surface area contributed by atoms with Gasteiger partial charge < -0.3 is 14.8 Å². The van der Waals surface area contributed by atoms with Crippen LogP contribution in [0.15, 0.2) is 48.2 Å². The topological polar surface area (TPSA) is 67.9 Å². The Kier molecular flexibility index (Phi) is 4.96. The van der Waals surface area contributed by atoms with Crippen molar-refractivity contribution in [1.29, 1.82) is 0 Å². The Morgan fingerprint density at radius 1 is 1.04 bits per heavy atom. The predicted molar refractivity (Wildman–Crippen MR) is 106 cm³/mol. The number of imide groups is 1. The molecule has 0 bridgehead atoms. The zero-order valence-electron chi connectivity index (χ0n) is 15.3. The molecule has 0 atom stereocenters. The third kappa shape index (κ3) is 3.31. The van der Waals surface area contributed by atoms with Crippen molar-refractivity contribution in [2.45, 2.75) is 19.8 Å². The molecule has 2 aromatic carbocycles. The number of halogens is 1. The maximum Gasteiger partial charge on any atom is 0.278 e.